The number of halogens is 1. The van der Waals surface area contributed by atoms with Crippen LogP contribution in [0.2, 0.25) is 0 Å². The molecule has 0 saturated heterocycles. The van der Waals surface area contributed by atoms with E-state index in [1.54, 1.807) is 7.05 Å². The molecule has 0 bridgehead atoms. The Balaban J connectivity index is 0.00000220. The molecule has 0 atom stereocenters. The monoisotopic (exact) mass is 402 g/mol. The van der Waals surface area contributed by atoms with Crippen molar-refractivity contribution in [2.24, 2.45) is 4.99 Å². The van der Waals surface area contributed by atoms with Crippen LogP contribution in [0.4, 0.5) is 5.69 Å². The van der Waals surface area contributed by atoms with Gasteiger partial charge in [0.2, 0.25) is 0 Å². The smallest absolute Gasteiger partial charge is 0.191 e. The molecule has 1 aromatic rings. The normalized spacial score (nSPS) is 14.5. The molecule has 1 aromatic carbocycles. The molecule has 118 valence electrons. The lowest BCUT2D eigenvalue weighted by Gasteiger charge is -2.28. The molecule has 1 aliphatic heterocycles. The van der Waals surface area contributed by atoms with Gasteiger partial charge in [0.25, 0.3) is 0 Å². The minimum atomic E-state index is 0. The van der Waals surface area contributed by atoms with Crippen LogP contribution in [0.15, 0.2) is 23.2 Å². The first-order valence-corrected chi connectivity index (χ1v) is 7.40. The lowest BCUT2D eigenvalue weighted by molar-refractivity contribution is 0.698. The summed E-state index contributed by atoms with van der Waals surface area (Å²) >= 11 is 0. The molecule has 5 heteroatoms. The highest BCUT2D eigenvalue weighted by atomic mass is 127. The van der Waals surface area contributed by atoms with Gasteiger partial charge in [0.1, 0.15) is 0 Å². The highest BCUT2D eigenvalue weighted by molar-refractivity contribution is 14.0. The summed E-state index contributed by atoms with van der Waals surface area (Å²) < 4.78 is 0. The Morgan fingerprint density at radius 3 is 2.81 bits per heavy atom. The van der Waals surface area contributed by atoms with Crippen molar-refractivity contribution in [2.45, 2.75) is 39.3 Å². The summed E-state index contributed by atoms with van der Waals surface area (Å²) in [6.45, 7) is 6.20. The number of fused-ring (bicyclic) bond motifs is 1. The Morgan fingerprint density at radius 2 is 2.14 bits per heavy atom. The van der Waals surface area contributed by atoms with Gasteiger partial charge in [0.15, 0.2) is 5.96 Å². The van der Waals surface area contributed by atoms with Gasteiger partial charge < -0.3 is 15.5 Å². The Hall–Kier alpha value is -0.980. The Labute approximate surface area is 145 Å². The third kappa shape index (κ3) is 5.05. The number of benzene rings is 1. The Bertz CT molecular complexity index is 485. The molecule has 2 N–H and O–H groups in total. The molecular weight excluding hydrogens is 375 g/mol. The van der Waals surface area contributed by atoms with E-state index in [1.165, 1.54) is 29.7 Å². The van der Waals surface area contributed by atoms with Gasteiger partial charge in [-0.15, -0.1) is 24.0 Å². The predicted octanol–water partition coefficient (Wildman–Crippen LogP) is 2.76. The molecule has 1 heterocycles. The summed E-state index contributed by atoms with van der Waals surface area (Å²) in [5.41, 5.74) is 4.15. The third-order valence-corrected chi connectivity index (χ3v) is 3.60. The fraction of sp³-hybridized carbons (Fsp3) is 0.562. The van der Waals surface area contributed by atoms with E-state index in [0.29, 0.717) is 6.04 Å². The maximum atomic E-state index is 4.23. The molecule has 0 unspecified atom stereocenters. The van der Waals surface area contributed by atoms with Crippen molar-refractivity contribution in [3.05, 3.63) is 29.3 Å². The molecule has 4 nitrogen and oxygen atoms in total. The van der Waals surface area contributed by atoms with E-state index in [0.717, 1.165) is 19.0 Å². The summed E-state index contributed by atoms with van der Waals surface area (Å²) in [6, 6.07) is 7.15. The summed E-state index contributed by atoms with van der Waals surface area (Å²) in [4.78, 5) is 6.57. The number of nitrogens with zero attached hydrogens (tertiary/aromatic N) is 2. The average Bonchev–Trinajstić information content (AvgIpc) is 2.43. The van der Waals surface area contributed by atoms with Crippen LogP contribution in [0.3, 0.4) is 0 Å². The van der Waals surface area contributed by atoms with Crippen molar-refractivity contribution in [3.8, 4) is 0 Å². The van der Waals surface area contributed by atoms with Gasteiger partial charge in [0, 0.05) is 38.9 Å². The van der Waals surface area contributed by atoms with Crippen LogP contribution in [0.25, 0.3) is 0 Å². The Morgan fingerprint density at radius 1 is 1.38 bits per heavy atom. The van der Waals surface area contributed by atoms with Gasteiger partial charge in [-0.05, 0) is 43.9 Å². The molecule has 2 rings (SSSR count). The van der Waals surface area contributed by atoms with Gasteiger partial charge in [-0.25, -0.2) is 0 Å². The minimum absolute atomic E-state index is 0. The molecule has 0 fully saturated rings. The highest BCUT2D eigenvalue weighted by Gasteiger charge is 2.13. The van der Waals surface area contributed by atoms with E-state index in [9.17, 15) is 0 Å². The number of aliphatic imine (C=N–C) groups is 1. The standard InChI is InChI=1S/C16H26N4.HI/c1-12(2)19-16(17-3)18-11-13-7-8-15-14(10-13)6-5-9-20(15)4;/h7-8,10,12H,5-6,9,11H2,1-4H3,(H2,17,18,19);1H. The van der Waals surface area contributed by atoms with E-state index in [2.05, 4.69) is 59.6 Å². The number of hydrogen-bond acceptors (Lipinski definition) is 2. The van der Waals surface area contributed by atoms with E-state index in [1.807, 2.05) is 0 Å². The number of aryl methyl sites for hydroxylation is 1. The van der Waals surface area contributed by atoms with Gasteiger partial charge in [-0.2, -0.15) is 0 Å². The van der Waals surface area contributed by atoms with E-state index >= 15 is 0 Å². The lowest BCUT2D eigenvalue weighted by atomic mass is 9.99. The molecule has 0 aromatic heterocycles. The summed E-state index contributed by atoms with van der Waals surface area (Å²) in [5, 5.41) is 6.66. The van der Waals surface area contributed by atoms with Crippen molar-refractivity contribution in [1.29, 1.82) is 0 Å². The SMILES string of the molecule is CN=C(NCc1ccc2c(c1)CCCN2C)NC(C)C.I. The number of nitrogens with one attached hydrogen (secondary N) is 2. The third-order valence-electron chi connectivity index (χ3n) is 3.60. The van der Waals surface area contributed by atoms with Gasteiger partial charge in [-0.3, -0.25) is 4.99 Å². The van der Waals surface area contributed by atoms with Gasteiger partial charge in [0.05, 0.1) is 0 Å². The second-order valence-electron chi connectivity index (χ2n) is 5.71. The molecule has 0 aliphatic carbocycles. The van der Waals surface area contributed by atoms with Crippen LogP contribution in [0.5, 0.6) is 0 Å². The fourth-order valence-electron chi connectivity index (χ4n) is 2.60. The Kier molecular flexibility index (Phi) is 7.28. The van der Waals surface area contributed by atoms with Crippen molar-refractivity contribution < 1.29 is 0 Å². The van der Waals surface area contributed by atoms with Crippen LogP contribution in [-0.2, 0) is 13.0 Å². The molecule has 21 heavy (non-hydrogen) atoms. The second-order valence-corrected chi connectivity index (χ2v) is 5.71. The van der Waals surface area contributed by atoms with Crippen molar-refractivity contribution >= 4 is 35.6 Å². The van der Waals surface area contributed by atoms with Crippen molar-refractivity contribution in [3.63, 3.8) is 0 Å². The highest BCUT2D eigenvalue weighted by Crippen LogP contribution is 2.26. The van der Waals surface area contributed by atoms with Crippen LogP contribution in [0, 0.1) is 0 Å². The van der Waals surface area contributed by atoms with Crippen molar-refractivity contribution in [2.75, 3.05) is 25.5 Å². The molecule has 0 radical (unpaired) electrons. The predicted molar refractivity (Wildman–Crippen MR) is 102 cm³/mol. The number of hydrogen-bond donors (Lipinski definition) is 2. The van der Waals surface area contributed by atoms with E-state index in [-0.39, 0.29) is 24.0 Å². The molecule has 0 spiro atoms. The van der Waals surface area contributed by atoms with Crippen LogP contribution >= 0.6 is 24.0 Å². The summed E-state index contributed by atoms with van der Waals surface area (Å²) in [7, 11) is 3.98. The zero-order valence-electron chi connectivity index (χ0n) is 13.4. The first-order chi connectivity index (χ1) is 9.60. The summed E-state index contributed by atoms with van der Waals surface area (Å²) in [6.07, 6.45) is 2.43. The number of rotatable bonds is 3. The first kappa shape index (κ1) is 18.1. The molecule has 1 aliphatic rings. The zero-order valence-corrected chi connectivity index (χ0v) is 15.8. The summed E-state index contributed by atoms with van der Waals surface area (Å²) in [5.74, 6) is 0.856. The maximum Gasteiger partial charge on any atom is 0.191 e. The largest absolute Gasteiger partial charge is 0.374 e. The van der Waals surface area contributed by atoms with Crippen LogP contribution in [0.1, 0.15) is 31.4 Å². The fourth-order valence-corrected chi connectivity index (χ4v) is 2.60. The van der Waals surface area contributed by atoms with Crippen LogP contribution < -0.4 is 15.5 Å². The van der Waals surface area contributed by atoms with Crippen molar-refractivity contribution in [1.82, 2.24) is 10.6 Å². The van der Waals surface area contributed by atoms with E-state index < -0.39 is 0 Å². The average molecular weight is 402 g/mol. The molecular formula is C16H27IN4. The number of guanidine groups is 1. The van der Waals surface area contributed by atoms with E-state index in [4.69, 9.17) is 0 Å². The zero-order chi connectivity index (χ0) is 14.5. The maximum absolute atomic E-state index is 4.23. The lowest BCUT2D eigenvalue weighted by Crippen LogP contribution is -2.40. The van der Waals surface area contributed by atoms with Gasteiger partial charge >= 0.3 is 0 Å². The molecule has 0 amide bonds. The number of anilines is 1. The molecule has 0 saturated carbocycles. The second kappa shape index (κ2) is 8.46. The topological polar surface area (TPSA) is 39.7 Å². The minimum Gasteiger partial charge on any atom is -0.374 e. The van der Waals surface area contributed by atoms with Gasteiger partial charge in [-0.1, -0.05) is 12.1 Å². The quantitative estimate of drug-likeness (QED) is 0.464. The van der Waals surface area contributed by atoms with Crippen LogP contribution in [-0.4, -0.2) is 32.6 Å². The first-order valence-electron chi connectivity index (χ1n) is 7.40.